The van der Waals surface area contributed by atoms with E-state index >= 15 is 0 Å². The number of esters is 3. The fourth-order valence-corrected chi connectivity index (χ4v) is 10.0. The normalized spacial score (nSPS) is 12.3. The summed E-state index contributed by atoms with van der Waals surface area (Å²) in [5.41, 5.74) is 0. The highest BCUT2D eigenvalue weighted by atomic mass is 16.6. The first-order valence-corrected chi connectivity index (χ1v) is 33.6. The standard InChI is InChI=1S/C70H128O6/c1-4-7-10-13-16-19-22-24-25-26-27-28-29-30-31-32-33-34-35-36-37-38-39-40-41-42-43-44-45-47-48-51-54-57-60-63-69(72)75-66-67(65-74-68(71)62-59-56-53-50-21-18-15-12-9-6-3)76-70(73)64-61-58-55-52-49-46-23-20-17-14-11-8-5-2/h8,11,17,20,26-27,46,49,67H,4-7,9-10,12-16,18-19,21-25,28-45,47-48,50-66H2,1-3H3/b11-8-,20-17-,27-26-,49-46-. The molecule has 0 aliphatic carbocycles. The Morgan fingerprint density at radius 3 is 0.829 bits per heavy atom. The predicted octanol–water partition coefficient (Wildman–Crippen LogP) is 22.9. The Kier molecular flexibility index (Phi) is 62.6. The van der Waals surface area contributed by atoms with Crippen LogP contribution in [0.1, 0.15) is 361 Å². The van der Waals surface area contributed by atoms with Crippen LogP contribution >= 0.6 is 0 Å². The fraction of sp³-hybridized carbons (Fsp3) is 0.843. The highest BCUT2D eigenvalue weighted by molar-refractivity contribution is 5.71. The van der Waals surface area contributed by atoms with Gasteiger partial charge in [-0.2, -0.15) is 0 Å². The van der Waals surface area contributed by atoms with E-state index in [1.165, 1.54) is 238 Å². The highest BCUT2D eigenvalue weighted by Gasteiger charge is 2.19. The number of allylic oxidation sites excluding steroid dienone is 8. The molecule has 76 heavy (non-hydrogen) atoms. The number of ether oxygens (including phenoxy) is 3. The van der Waals surface area contributed by atoms with Crippen LogP contribution < -0.4 is 0 Å². The van der Waals surface area contributed by atoms with E-state index in [1.807, 2.05) is 0 Å². The quantitative estimate of drug-likeness (QED) is 0.0261. The maximum atomic E-state index is 12.8. The van der Waals surface area contributed by atoms with Gasteiger partial charge in [0, 0.05) is 19.3 Å². The average molecular weight is 1070 g/mol. The van der Waals surface area contributed by atoms with Crippen LogP contribution in [-0.2, 0) is 28.6 Å². The Morgan fingerprint density at radius 2 is 0.513 bits per heavy atom. The Labute approximate surface area is 473 Å². The van der Waals surface area contributed by atoms with E-state index in [1.54, 1.807) is 0 Å². The van der Waals surface area contributed by atoms with Crippen molar-refractivity contribution in [2.75, 3.05) is 13.2 Å². The first-order chi connectivity index (χ1) is 37.5. The van der Waals surface area contributed by atoms with E-state index in [2.05, 4.69) is 69.4 Å². The van der Waals surface area contributed by atoms with Crippen LogP contribution in [-0.4, -0.2) is 37.2 Å². The van der Waals surface area contributed by atoms with Crippen molar-refractivity contribution in [3.63, 3.8) is 0 Å². The van der Waals surface area contributed by atoms with Crippen molar-refractivity contribution in [3.8, 4) is 0 Å². The van der Waals surface area contributed by atoms with Gasteiger partial charge in [0.15, 0.2) is 6.10 Å². The summed E-state index contributed by atoms with van der Waals surface area (Å²) in [6, 6.07) is 0. The fourth-order valence-electron chi connectivity index (χ4n) is 10.0. The van der Waals surface area contributed by atoms with E-state index in [4.69, 9.17) is 14.2 Å². The molecule has 0 aliphatic heterocycles. The van der Waals surface area contributed by atoms with Gasteiger partial charge in [0.05, 0.1) is 0 Å². The lowest BCUT2D eigenvalue weighted by molar-refractivity contribution is -0.167. The van der Waals surface area contributed by atoms with E-state index in [-0.39, 0.29) is 31.1 Å². The smallest absolute Gasteiger partial charge is 0.306 e. The lowest BCUT2D eigenvalue weighted by atomic mass is 10.0. The minimum absolute atomic E-state index is 0.0806. The zero-order valence-electron chi connectivity index (χ0n) is 51.0. The molecule has 6 heteroatoms. The van der Waals surface area contributed by atoms with Gasteiger partial charge in [-0.25, -0.2) is 0 Å². The van der Waals surface area contributed by atoms with Gasteiger partial charge in [0.25, 0.3) is 0 Å². The largest absolute Gasteiger partial charge is 0.462 e. The summed E-state index contributed by atoms with van der Waals surface area (Å²) in [5.74, 6) is -0.894. The second kappa shape index (κ2) is 64.9. The number of hydrogen-bond acceptors (Lipinski definition) is 6. The summed E-state index contributed by atoms with van der Waals surface area (Å²) in [6.45, 7) is 6.53. The monoisotopic (exact) mass is 1060 g/mol. The molecule has 0 aliphatic rings. The molecule has 0 saturated carbocycles. The average Bonchev–Trinajstić information content (AvgIpc) is 3.42. The third-order valence-corrected chi connectivity index (χ3v) is 15.1. The van der Waals surface area contributed by atoms with E-state index in [0.717, 1.165) is 83.5 Å². The van der Waals surface area contributed by atoms with Gasteiger partial charge < -0.3 is 14.2 Å². The van der Waals surface area contributed by atoms with Gasteiger partial charge in [-0.1, -0.05) is 313 Å². The SMILES string of the molecule is CC/C=C\C/C=C\C/C=C\CCCCCC(=O)OC(COC(=O)CCCCCCCCCCCC)COC(=O)CCCCCCCCCCCCCCCCCCCCCCCCC/C=C\CCCCCCCCCC. The van der Waals surface area contributed by atoms with E-state index in [9.17, 15) is 14.4 Å². The molecule has 0 radical (unpaired) electrons. The molecule has 0 N–H and O–H groups in total. The topological polar surface area (TPSA) is 78.9 Å². The third-order valence-electron chi connectivity index (χ3n) is 15.1. The summed E-state index contributed by atoms with van der Waals surface area (Å²) in [6.07, 6.45) is 81.8. The van der Waals surface area contributed by atoms with Crippen molar-refractivity contribution in [1.82, 2.24) is 0 Å². The summed E-state index contributed by atoms with van der Waals surface area (Å²) < 4.78 is 16.8. The lowest BCUT2D eigenvalue weighted by Crippen LogP contribution is -2.30. The van der Waals surface area contributed by atoms with Crippen molar-refractivity contribution in [2.24, 2.45) is 0 Å². The molecule has 0 fully saturated rings. The summed E-state index contributed by atoms with van der Waals surface area (Å²) in [4.78, 5) is 38.1. The summed E-state index contributed by atoms with van der Waals surface area (Å²) in [5, 5.41) is 0. The van der Waals surface area contributed by atoms with Crippen LogP contribution in [0.2, 0.25) is 0 Å². The van der Waals surface area contributed by atoms with Gasteiger partial charge in [-0.15, -0.1) is 0 Å². The molecule has 6 nitrogen and oxygen atoms in total. The van der Waals surface area contributed by atoms with E-state index in [0.29, 0.717) is 19.3 Å². The van der Waals surface area contributed by atoms with Gasteiger partial charge in [-0.05, 0) is 77.0 Å². The molecule has 0 spiro atoms. The zero-order chi connectivity index (χ0) is 55.0. The molecular weight excluding hydrogens is 937 g/mol. The Bertz CT molecular complexity index is 1310. The molecule has 0 rings (SSSR count). The number of carbonyl (C=O) groups excluding carboxylic acids is 3. The van der Waals surface area contributed by atoms with Crippen LogP contribution in [0.5, 0.6) is 0 Å². The molecule has 0 bridgehead atoms. The van der Waals surface area contributed by atoms with Gasteiger partial charge in [-0.3, -0.25) is 14.4 Å². The molecule has 0 aromatic heterocycles. The van der Waals surface area contributed by atoms with Crippen LogP contribution in [0.15, 0.2) is 48.6 Å². The van der Waals surface area contributed by atoms with Crippen LogP contribution in [0.3, 0.4) is 0 Å². The van der Waals surface area contributed by atoms with Gasteiger partial charge in [0.1, 0.15) is 13.2 Å². The van der Waals surface area contributed by atoms with Crippen molar-refractivity contribution in [2.45, 2.75) is 367 Å². The van der Waals surface area contributed by atoms with Gasteiger partial charge in [0.2, 0.25) is 0 Å². The molecule has 1 atom stereocenters. The molecule has 0 heterocycles. The first kappa shape index (κ1) is 73.4. The molecular formula is C70H128O6. The van der Waals surface area contributed by atoms with Crippen LogP contribution in [0.25, 0.3) is 0 Å². The number of unbranched alkanes of at least 4 members (excludes halogenated alkanes) is 43. The second-order valence-corrected chi connectivity index (χ2v) is 22.7. The number of carbonyl (C=O) groups is 3. The Balaban J connectivity index is 3.97. The van der Waals surface area contributed by atoms with Crippen molar-refractivity contribution in [1.29, 1.82) is 0 Å². The predicted molar refractivity (Wildman–Crippen MR) is 330 cm³/mol. The van der Waals surface area contributed by atoms with Gasteiger partial charge >= 0.3 is 17.9 Å². The number of hydrogen-bond donors (Lipinski definition) is 0. The number of rotatable bonds is 62. The Morgan fingerprint density at radius 1 is 0.276 bits per heavy atom. The molecule has 0 aromatic rings. The first-order valence-electron chi connectivity index (χ1n) is 33.6. The lowest BCUT2D eigenvalue weighted by Gasteiger charge is -2.18. The van der Waals surface area contributed by atoms with E-state index < -0.39 is 6.10 Å². The molecule has 0 amide bonds. The minimum atomic E-state index is -0.784. The molecule has 444 valence electrons. The zero-order valence-corrected chi connectivity index (χ0v) is 51.0. The maximum absolute atomic E-state index is 12.8. The second-order valence-electron chi connectivity index (χ2n) is 22.7. The Hall–Kier alpha value is -2.63. The van der Waals surface area contributed by atoms with Crippen molar-refractivity contribution < 1.29 is 28.6 Å². The van der Waals surface area contributed by atoms with Crippen molar-refractivity contribution >= 4 is 17.9 Å². The summed E-state index contributed by atoms with van der Waals surface area (Å²) in [7, 11) is 0. The molecule has 1 unspecified atom stereocenters. The highest BCUT2D eigenvalue weighted by Crippen LogP contribution is 2.18. The van der Waals surface area contributed by atoms with Crippen molar-refractivity contribution in [3.05, 3.63) is 48.6 Å². The molecule has 0 saturated heterocycles. The third kappa shape index (κ3) is 62.2. The minimum Gasteiger partial charge on any atom is -0.462 e. The van der Waals surface area contributed by atoms with Crippen LogP contribution in [0.4, 0.5) is 0 Å². The maximum Gasteiger partial charge on any atom is 0.306 e. The molecule has 0 aromatic carbocycles. The van der Waals surface area contributed by atoms with Crippen LogP contribution in [0, 0.1) is 0 Å². The summed E-state index contributed by atoms with van der Waals surface area (Å²) >= 11 is 0.